The maximum atomic E-state index is 11.9. The van der Waals surface area contributed by atoms with Crippen LogP contribution in [0.15, 0.2) is 42.5 Å². The van der Waals surface area contributed by atoms with E-state index in [0.717, 1.165) is 16.3 Å². The van der Waals surface area contributed by atoms with Crippen LogP contribution < -0.4 is 0 Å². The number of carbonyl (C=O) groups is 2. The molecule has 0 radical (unpaired) electrons. The van der Waals surface area contributed by atoms with E-state index >= 15 is 0 Å². The number of fused-ring (bicyclic) bond motifs is 1. The van der Waals surface area contributed by atoms with Crippen molar-refractivity contribution in [2.75, 3.05) is 7.11 Å². The Labute approximate surface area is 146 Å². The standard InChI is InChI=1S/C20H21NO4/c1-14(19(24)25-2)12-20(13-21,11-10-18(22)23)17-9-5-7-15-6-3-4-8-16(15)17/h3-9,14H,10-12H2,1-2H3,(H,22,23). The minimum Gasteiger partial charge on any atom is -0.481 e. The first-order chi connectivity index (χ1) is 11.9. The molecule has 0 heterocycles. The van der Waals surface area contributed by atoms with Gasteiger partial charge in [-0.1, -0.05) is 49.4 Å². The molecule has 130 valence electrons. The highest BCUT2D eigenvalue weighted by molar-refractivity contribution is 5.87. The molecule has 0 fully saturated rings. The lowest BCUT2D eigenvalue weighted by Crippen LogP contribution is -2.31. The van der Waals surface area contributed by atoms with E-state index in [-0.39, 0.29) is 19.3 Å². The van der Waals surface area contributed by atoms with Crippen LogP contribution in [0, 0.1) is 17.2 Å². The van der Waals surface area contributed by atoms with Crippen LogP contribution >= 0.6 is 0 Å². The van der Waals surface area contributed by atoms with Gasteiger partial charge in [0.05, 0.1) is 24.5 Å². The number of hydrogen-bond donors (Lipinski definition) is 1. The van der Waals surface area contributed by atoms with Crippen LogP contribution in [0.3, 0.4) is 0 Å². The molecule has 25 heavy (non-hydrogen) atoms. The van der Waals surface area contributed by atoms with E-state index in [0.29, 0.717) is 0 Å². The van der Waals surface area contributed by atoms with Gasteiger partial charge in [0, 0.05) is 6.42 Å². The number of rotatable bonds is 7. The van der Waals surface area contributed by atoms with E-state index in [4.69, 9.17) is 9.84 Å². The smallest absolute Gasteiger partial charge is 0.308 e. The Kier molecular flexibility index (Phi) is 5.76. The second kappa shape index (κ2) is 7.80. The van der Waals surface area contributed by atoms with Gasteiger partial charge in [-0.3, -0.25) is 9.59 Å². The molecule has 0 saturated carbocycles. The van der Waals surface area contributed by atoms with Crippen molar-refractivity contribution in [2.24, 2.45) is 5.92 Å². The largest absolute Gasteiger partial charge is 0.481 e. The van der Waals surface area contributed by atoms with Crippen LogP contribution in [0.25, 0.3) is 10.8 Å². The van der Waals surface area contributed by atoms with Gasteiger partial charge in [0.25, 0.3) is 0 Å². The third-order valence-electron chi connectivity index (χ3n) is 4.54. The zero-order valence-electron chi connectivity index (χ0n) is 14.4. The maximum Gasteiger partial charge on any atom is 0.308 e. The number of benzene rings is 2. The molecule has 0 aliphatic heterocycles. The molecular formula is C20H21NO4. The van der Waals surface area contributed by atoms with Crippen LogP contribution in [-0.4, -0.2) is 24.2 Å². The Morgan fingerprint density at radius 3 is 2.56 bits per heavy atom. The van der Waals surface area contributed by atoms with Gasteiger partial charge in [0.15, 0.2) is 0 Å². The van der Waals surface area contributed by atoms with Crippen LogP contribution in [-0.2, 0) is 19.7 Å². The molecule has 0 bridgehead atoms. The van der Waals surface area contributed by atoms with E-state index in [2.05, 4.69) is 6.07 Å². The molecule has 0 aliphatic carbocycles. The van der Waals surface area contributed by atoms with Crippen molar-refractivity contribution in [3.8, 4) is 6.07 Å². The normalized spacial score (nSPS) is 14.3. The first kappa shape index (κ1) is 18.5. The van der Waals surface area contributed by atoms with Gasteiger partial charge in [-0.05, 0) is 29.2 Å². The summed E-state index contributed by atoms with van der Waals surface area (Å²) in [6.07, 6.45) is 0.191. The summed E-state index contributed by atoms with van der Waals surface area (Å²) >= 11 is 0. The molecular weight excluding hydrogens is 318 g/mol. The molecule has 1 N–H and O–H groups in total. The SMILES string of the molecule is COC(=O)C(C)CC(C#N)(CCC(=O)O)c1cccc2ccccc12. The van der Waals surface area contributed by atoms with Crippen LogP contribution in [0.5, 0.6) is 0 Å². The summed E-state index contributed by atoms with van der Waals surface area (Å²) in [4.78, 5) is 23.0. The van der Waals surface area contributed by atoms with E-state index in [1.807, 2.05) is 42.5 Å². The minimum absolute atomic E-state index is 0.133. The number of aliphatic carboxylic acids is 1. The summed E-state index contributed by atoms with van der Waals surface area (Å²) in [6.45, 7) is 1.70. The Hall–Kier alpha value is -2.87. The number of esters is 1. The first-order valence-corrected chi connectivity index (χ1v) is 8.12. The predicted molar refractivity (Wildman–Crippen MR) is 93.9 cm³/mol. The van der Waals surface area contributed by atoms with Gasteiger partial charge in [0.2, 0.25) is 0 Å². The van der Waals surface area contributed by atoms with Crippen molar-refractivity contribution in [1.29, 1.82) is 5.26 Å². The quantitative estimate of drug-likeness (QED) is 0.778. The molecule has 2 unspecified atom stereocenters. The Morgan fingerprint density at radius 1 is 1.24 bits per heavy atom. The molecule has 0 saturated heterocycles. The summed E-state index contributed by atoms with van der Waals surface area (Å²) in [5.74, 6) is -1.89. The summed E-state index contributed by atoms with van der Waals surface area (Å²) in [7, 11) is 1.31. The van der Waals surface area contributed by atoms with Crippen molar-refractivity contribution < 1.29 is 19.4 Å². The molecule has 2 rings (SSSR count). The highest BCUT2D eigenvalue weighted by atomic mass is 16.5. The fourth-order valence-electron chi connectivity index (χ4n) is 3.28. The van der Waals surface area contributed by atoms with Crippen molar-refractivity contribution in [1.82, 2.24) is 0 Å². The van der Waals surface area contributed by atoms with E-state index in [1.165, 1.54) is 7.11 Å². The summed E-state index contributed by atoms with van der Waals surface area (Å²) in [5, 5.41) is 21.0. The number of carboxylic acid groups (broad SMARTS) is 1. The molecule has 2 atom stereocenters. The molecule has 0 spiro atoms. The Morgan fingerprint density at radius 2 is 1.92 bits per heavy atom. The first-order valence-electron chi connectivity index (χ1n) is 8.12. The summed E-state index contributed by atoms with van der Waals surface area (Å²) in [5.41, 5.74) is -0.322. The summed E-state index contributed by atoms with van der Waals surface area (Å²) in [6, 6.07) is 15.6. The zero-order chi connectivity index (χ0) is 18.4. The number of carbonyl (C=O) groups excluding carboxylic acids is 1. The van der Waals surface area contributed by atoms with E-state index in [9.17, 15) is 14.9 Å². The lowest BCUT2D eigenvalue weighted by Gasteiger charge is -2.30. The topological polar surface area (TPSA) is 87.4 Å². The molecule has 5 nitrogen and oxygen atoms in total. The van der Waals surface area contributed by atoms with Crippen molar-refractivity contribution >= 4 is 22.7 Å². The van der Waals surface area contributed by atoms with Gasteiger partial charge >= 0.3 is 11.9 Å². The second-order valence-electron chi connectivity index (χ2n) is 6.24. The van der Waals surface area contributed by atoms with Crippen LogP contribution in [0.1, 0.15) is 31.7 Å². The van der Waals surface area contributed by atoms with Gasteiger partial charge < -0.3 is 9.84 Å². The summed E-state index contributed by atoms with van der Waals surface area (Å²) < 4.78 is 4.79. The number of ether oxygens (including phenoxy) is 1. The molecule has 5 heteroatoms. The average Bonchev–Trinajstić information content (AvgIpc) is 2.63. The highest BCUT2D eigenvalue weighted by Gasteiger charge is 2.37. The number of carboxylic acids is 1. The predicted octanol–water partition coefficient (Wildman–Crippen LogP) is 3.67. The van der Waals surface area contributed by atoms with Gasteiger partial charge in [-0.25, -0.2) is 0 Å². The molecule has 0 aromatic heterocycles. The third kappa shape index (κ3) is 3.97. The Bertz CT molecular complexity index is 819. The van der Waals surface area contributed by atoms with E-state index < -0.39 is 23.3 Å². The maximum absolute atomic E-state index is 11.9. The van der Waals surface area contributed by atoms with Crippen molar-refractivity contribution in [2.45, 2.75) is 31.6 Å². The minimum atomic E-state index is -1.08. The number of hydrogen-bond acceptors (Lipinski definition) is 4. The lowest BCUT2D eigenvalue weighted by atomic mass is 9.70. The number of methoxy groups -OCH3 is 1. The molecule has 2 aromatic carbocycles. The number of nitrogens with zero attached hydrogens (tertiary/aromatic N) is 1. The van der Waals surface area contributed by atoms with Crippen LogP contribution in [0.2, 0.25) is 0 Å². The fourth-order valence-corrected chi connectivity index (χ4v) is 3.28. The van der Waals surface area contributed by atoms with Gasteiger partial charge in [0.1, 0.15) is 0 Å². The molecule has 0 amide bonds. The third-order valence-corrected chi connectivity index (χ3v) is 4.54. The zero-order valence-corrected chi connectivity index (χ0v) is 14.4. The van der Waals surface area contributed by atoms with Gasteiger partial charge in [-0.15, -0.1) is 0 Å². The monoisotopic (exact) mass is 339 g/mol. The molecule has 0 aliphatic rings. The second-order valence-corrected chi connectivity index (χ2v) is 6.24. The van der Waals surface area contributed by atoms with Gasteiger partial charge in [-0.2, -0.15) is 5.26 Å². The van der Waals surface area contributed by atoms with E-state index in [1.54, 1.807) is 6.92 Å². The van der Waals surface area contributed by atoms with Crippen LogP contribution in [0.4, 0.5) is 0 Å². The Balaban J connectivity index is 2.58. The lowest BCUT2D eigenvalue weighted by molar-refractivity contribution is -0.145. The highest BCUT2D eigenvalue weighted by Crippen LogP contribution is 2.39. The molecule has 2 aromatic rings. The average molecular weight is 339 g/mol. The van der Waals surface area contributed by atoms with Crippen molar-refractivity contribution in [3.05, 3.63) is 48.0 Å². The van der Waals surface area contributed by atoms with Crippen molar-refractivity contribution in [3.63, 3.8) is 0 Å². The number of nitriles is 1. The fraction of sp³-hybridized carbons (Fsp3) is 0.350.